The second-order valence-electron chi connectivity index (χ2n) is 3.03. The molecule has 0 atom stereocenters. The van der Waals surface area contributed by atoms with E-state index in [0.717, 1.165) is 10.0 Å². The molecule has 1 aromatic rings. The van der Waals surface area contributed by atoms with Crippen molar-refractivity contribution in [3.05, 3.63) is 33.5 Å². The van der Waals surface area contributed by atoms with Crippen LogP contribution in [0, 0.1) is 12.7 Å². The number of ketones is 1. The van der Waals surface area contributed by atoms with E-state index in [1.807, 2.05) is 0 Å². The van der Waals surface area contributed by atoms with E-state index in [1.165, 1.54) is 12.1 Å². The first kappa shape index (κ1) is 11.3. The van der Waals surface area contributed by atoms with Gasteiger partial charge in [-0.1, -0.05) is 15.9 Å². The van der Waals surface area contributed by atoms with Gasteiger partial charge in [0, 0.05) is 4.47 Å². The summed E-state index contributed by atoms with van der Waals surface area (Å²) in [5, 5.41) is 2.70. The molecule has 0 heterocycles. The van der Waals surface area contributed by atoms with Crippen molar-refractivity contribution in [1.82, 2.24) is 5.32 Å². The number of hydrogen-bond donors (Lipinski definition) is 1. The fraction of sp³-hybridized carbons (Fsp3) is 0.300. The smallest absolute Gasteiger partial charge is 0.179 e. The fourth-order valence-electron chi connectivity index (χ4n) is 1.12. The van der Waals surface area contributed by atoms with Gasteiger partial charge in [-0.15, -0.1) is 0 Å². The summed E-state index contributed by atoms with van der Waals surface area (Å²) in [6, 6.07) is 2.87. The fourth-order valence-corrected chi connectivity index (χ4v) is 1.46. The van der Waals surface area contributed by atoms with Crippen LogP contribution in [-0.4, -0.2) is 19.4 Å². The highest BCUT2D eigenvalue weighted by Gasteiger charge is 2.12. The van der Waals surface area contributed by atoms with Gasteiger partial charge >= 0.3 is 0 Å². The monoisotopic (exact) mass is 259 g/mol. The molecule has 4 heteroatoms. The number of Topliss-reactive ketones (excluding diaryl/α,β-unsaturated/α-hetero) is 1. The summed E-state index contributed by atoms with van der Waals surface area (Å²) in [4.78, 5) is 11.4. The van der Waals surface area contributed by atoms with Crippen LogP contribution in [0.2, 0.25) is 0 Å². The second-order valence-corrected chi connectivity index (χ2v) is 3.89. The number of carbonyl (C=O) groups is 1. The third-order valence-electron chi connectivity index (χ3n) is 1.89. The lowest BCUT2D eigenvalue weighted by Gasteiger charge is -2.05. The molecule has 0 saturated carbocycles. The first-order chi connectivity index (χ1) is 6.56. The van der Waals surface area contributed by atoms with Gasteiger partial charge in [0.2, 0.25) is 0 Å². The maximum Gasteiger partial charge on any atom is 0.179 e. The highest BCUT2D eigenvalue weighted by atomic mass is 79.9. The zero-order chi connectivity index (χ0) is 10.7. The Bertz CT molecular complexity index is 365. The number of halogens is 2. The molecule has 0 aliphatic heterocycles. The van der Waals surface area contributed by atoms with E-state index in [4.69, 9.17) is 0 Å². The Labute approximate surface area is 90.6 Å². The Morgan fingerprint density at radius 2 is 2.21 bits per heavy atom. The summed E-state index contributed by atoms with van der Waals surface area (Å²) in [6.07, 6.45) is 0. The van der Waals surface area contributed by atoms with Crippen LogP contribution in [0.1, 0.15) is 15.9 Å². The normalized spacial score (nSPS) is 10.3. The van der Waals surface area contributed by atoms with Crippen LogP contribution in [-0.2, 0) is 0 Å². The van der Waals surface area contributed by atoms with Gasteiger partial charge in [-0.2, -0.15) is 0 Å². The lowest BCUT2D eigenvalue weighted by molar-refractivity contribution is 0.0989. The molecule has 14 heavy (non-hydrogen) atoms. The molecule has 0 amide bonds. The Morgan fingerprint density at radius 3 is 2.79 bits per heavy atom. The maximum atomic E-state index is 13.3. The van der Waals surface area contributed by atoms with Crippen LogP contribution in [0.5, 0.6) is 0 Å². The van der Waals surface area contributed by atoms with E-state index in [-0.39, 0.29) is 17.9 Å². The highest BCUT2D eigenvalue weighted by molar-refractivity contribution is 9.10. The number of aryl methyl sites for hydroxylation is 1. The lowest BCUT2D eigenvalue weighted by Crippen LogP contribution is -2.19. The standard InChI is InChI=1S/C10H11BrFNO/c1-6-3-9(12)7(4-8(6)11)10(14)5-13-2/h3-4,13H,5H2,1-2H3. The summed E-state index contributed by atoms with van der Waals surface area (Å²) in [7, 11) is 1.65. The summed E-state index contributed by atoms with van der Waals surface area (Å²) in [5.74, 6) is -0.711. The number of rotatable bonds is 3. The molecule has 0 bridgehead atoms. The molecular formula is C10H11BrFNO. The first-order valence-corrected chi connectivity index (χ1v) is 4.99. The molecule has 0 aliphatic carbocycles. The van der Waals surface area contributed by atoms with Gasteiger partial charge in [0.05, 0.1) is 12.1 Å². The molecule has 0 radical (unpaired) electrons. The van der Waals surface area contributed by atoms with Crippen molar-refractivity contribution >= 4 is 21.7 Å². The van der Waals surface area contributed by atoms with E-state index < -0.39 is 5.82 Å². The first-order valence-electron chi connectivity index (χ1n) is 4.19. The van der Waals surface area contributed by atoms with Crippen LogP contribution in [0.4, 0.5) is 4.39 Å². The van der Waals surface area contributed by atoms with E-state index in [1.54, 1.807) is 14.0 Å². The molecule has 0 saturated heterocycles. The van der Waals surface area contributed by atoms with Gasteiger partial charge < -0.3 is 5.32 Å². The van der Waals surface area contributed by atoms with Crippen LogP contribution in [0.3, 0.4) is 0 Å². The molecule has 1 aromatic carbocycles. The third kappa shape index (κ3) is 2.39. The molecular weight excluding hydrogens is 249 g/mol. The average molecular weight is 260 g/mol. The average Bonchev–Trinajstić information content (AvgIpc) is 2.11. The zero-order valence-electron chi connectivity index (χ0n) is 8.03. The SMILES string of the molecule is CNCC(=O)c1cc(Br)c(C)cc1F. The molecule has 76 valence electrons. The van der Waals surface area contributed by atoms with Crippen molar-refractivity contribution in [2.24, 2.45) is 0 Å². The van der Waals surface area contributed by atoms with Crippen molar-refractivity contribution in [2.75, 3.05) is 13.6 Å². The molecule has 0 aromatic heterocycles. The zero-order valence-corrected chi connectivity index (χ0v) is 9.61. The number of benzene rings is 1. The molecule has 1 N–H and O–H groups in total. The van der Waals surface area contributed by atoms with Crippen molar-refractivity contribution in [2.45, 2.75) is 6.92 Å². The lowest BCUT2D eigenvalue weighted by atomic mass is 10.1. The van der Waals surface area contributed by atoms with E-state index >= 15 is 0 Å². The Balaban J connectivity index is 3.09. The van der Waals surface area contributed by atoms with Gasteiger partial charge in [0.15, 0.2) is 5.78 Å². The van der Waals surface area contributed by atoms with Crippen LogP contribution >= 0.6 is 15.9 Å². The van der Waals surface area contributed by atoms with Crippen LogP contribution in [0.15, 0.2) is 16.6 Å². The van der Waals surface area contributed by atoms with Gasteiger partial charge in [-0.3, -0.25) is 4.79 Å². The maximum absolute atomic E-state index is 13.3. The molecule has 2 nitrogen and oxygen atoms in total. The third-order valence-corrected chi connectivity index (χ3v) is 2.74. The van der Waals surface area contributed by atoms with Gasteiger partial charge in [0.1, 0.15) is 5.82 Å². The van der Waals surface area contributed by atoms with Gasteiger partial charge in [-0.25, -0.2) is 4.39 Å². The summed E-state index contributed by atoms with van der Waals surface area (Å²) < 4.78 is 14.1. The minimum Gasteiger partial charge on any atom is -0.313 e. The van der Waals surface area contributed by atoms with Crippen molar-refractivity contribution in [1.29, 1.82) is 0 Å². The van der Waals surface area contributed by atoms with Crippen molar-refractivity contribution in [3.8, 4) is 0 Å². The summed E-state index contributed by atoms with van der Waals surface area (Å²) >= 11 is 3.26. The van der Waals surface area contributed by atoms with E-state index in [0.29, 0.717) is 0 Å². The van der Waals surface area contributed by atoms with Crippen LogP contribution in [0.25, 0.3) is 0 Å². The summed E-state index contributed by atoms with van der Waals surface area (Å²) in [6.45, 7) is 1.92. The van der Waals surface area contributed by atoms with Crippen molar-refractivity contribution < 1.29 is 9.18 Å². The minimum absolute atomic E-state index is 0.122. The Hall–Kier alpha value is -0.740. The second kappa shape index (κ2) is 4.66. The topological polar surface area (TPSA) is 29.1 Å². The molecule has 0 fully saturated rings. The van der Waals surface area contributed by atoms with Gasteiger partial charge in [0.25, 0.3) is 0 Å². The highest BCUT2D eigenvalue weighted by Crippen LogP contribution is 2.20. The van der Waals surface area contributed by atoms with Gasteiger partial charge in [-0.05, 0) is 31.7 Å². The predicted octanol–water partition coefficient (Wildman–Crippen LogP) is 2.30. The Kier molecular flexibility index (Phi) is 3.77. The number of nitrogens with one attached hydrogen (secondary N) is 1. The predicted molar refractivity (Wildman–Crippen MR) is 57.1 cm³/mol. The molecule has 1 rings (SSSR count). The molecule has 0 unspecified atom stereocenters. The Morgan fingerprint density at radius 1 is 1.57 bits per heavy atom. The molecule has 0 spiro atoms. The number of hydrogen-bond acceptors (Lipinski definition) is 2. The number of carbonyl (C=O) groups excluding carboxylic acids is 1. The van der Waals surface area contributed by atoms with E-state index in [2.05, 4.69) is 21.2 Å². The minimum atomic E-state index is -0.467. The number of likely N-dealkylation sites (N-methyl/N-ethyl adjacent to an activating group) is 1. The quantitative estimate of drug-likeness (QED) is 0.845. The largest absolute Gasteiger partial charge is 0.313 e. The molecule has 0 aliphatic rings. The summed E-state index contributed by atoms with van der Waals surface area (Å²) in [5.41, 5.74) is 0.903. The van der Waals surface area contributed by atoms with Crippen LogP contribution < -0.4 is 5.32 Å². The van der Waals surface area contributed by atoms with E-state index in [9.17, 15) is 9.18 Å². The van der Waals surface area contributed by atoms with Crippen molar-refractivity contribution in [3.63, 3.8) is 0 Å².